The molecule has 0 heterocycles. The van der Waals surface area contributed by atoms with Crippen LogP contribution in [0.15, 0.2) is 11.6 Å². The first-order chi connectivity index (χ1) is 4.68. The van der Waals surface area contributed by atoms with Crippen LogP contribution >= 0.6 is 8.03 Å². The summed E-state index contributed by atoms with van der Waals surface area (Å²) in [5.74, 6) is 0. The molecule has 4 heteroatoms. The molecule has 0 radical (unpaired) electrons. The molecule has 2 atom stereocenters. The molecule has 0 saturated heterocycles. The third-order valence-electron chi connectivity index (χ3n) is 1.59. The van der Waals surface area contributed by atoms with Gasteiger partial charge in [0, 0.05) is 6.04 Å². The highest BCUT2D eigenvalue weighted by Crippen LogP contribution is 2.25. The van der Waals surface area contributed by atoms with Crippen LogP contribution in [-0.4, -0.2) is 17.1 Å². The summed E-state index contributed by atoms with van der Waals surface area (Å²) in [7, 11) is -2.00. The summed E-state index contributed by atoms with van der Waals surface area (Å²) >= 11 is 0. The molecule has 3 nitrogen and oxygen atoms in total. The molecule has 0 aromatic rings. The molecular weight excluding hydrogens is 149 g/mol. The third-order valence-corrected chi connectivity index (χ3v) is 2.26. The van der Waals surface area contributed by atoms with Crippen molar-refractivity contribution in [2.24, 2.45) is 5.73 Å². The molecule has 1 aliphatic carbocycles. The zero-order valence-corrected chi connectivity index (χ0v) is 6.55. The van der Waals surface area contributed by atoms with Crippen LogP contribution in [-0.2, 0) is 4.57 Å². The Balaban J connectivity index is 2.43. The maximum Gasteiger partial charge on any atom is 0.509 e. The van der Waals surface area contributed by atoms with E-state index in [1.54, 1.807) is 0 Å². The lowest BCUT2D eigenvalue weighted by atomic mass is 10.2. The summed E-state index contributed by atoms with van der Waals surface area (Å²) in [4.78, 5) is 8.53. The van der Waals surface area contributed by atoms with Crippen molar-refractivity contribution in [3.63, 3.8) is 0 Å². The molecule has 0 aromatic carbocycles. The fraction of sp³-hybridized carbons (Fsp3) is 0.667. The largest absolute Gasteiger partial charge is 0.509 e. The minimum Gasteiger partial charge on any atom is -0.324 e. The van der Waals surface area contributed by atoms with E-state index in [0.717, 1.165) is 18.4 Å². The molecule has 0 spiro atoms. The van der Waals surface area contributed by atoms with Gasteiger partial charge in [-0.1, -0.05) is 6.08 Å². The highest BCUT2D eigenvalue weighted by Gasteiger charge is 2.19. The molecule has 0 aliphatic heterocycles. The maximum atomic E-state index is 10.3. The van der Waals surface area contributed by atoms with Gasteiger partial charge in [-0.2, -0.15) is 4.89 Å². The van der Waals surface area contributed by atoms with Gasteiger partial charge in [0.2, 0.25) is 0 Å². The van der Waals surface area contributed by atoms with Gasteiger partial charge < -0.3 is 5.73 Å². The molecule has 0 amide bonds. The van der Waals surface area contributed by atoms with Crippen molar-refractivity contribution in [1.82, 2.24) is 0 Å². The van der Waals surface area contributed by atoms with E-state index in [-0.39, 0.29) is 6.04 Å². The van der Waals surface area contributed by atoms with E-state index in [1.165, 1.54) is 0 Å². The van der Waals surface area contributed by atoms with Gasteiger partial charge in [-0.05, 0) is 23.0 Å². The van der Waals surface area contributed by atoms with Gasteiger partial charge >= 0.3 is 8.03 Å². The van der Waals surface area contributed by atoms with Gasteiger partial charge in [0.15, 0.2) is 6.16 Å². The molecule has 3 N–H and O–H groups in total. The lowest BCUT2D eigenvalue weighted by Gasteiger charge is -1.90. The van der Waals surface area contributed by atoms with E-state index in [2.05, 4.69) is 0 Å². The number of hydrogen-bond acceptors (Lipinski definition) is 2. The van der Waals surface area contributed by atoms with Crippen LogP contribution in [0.25, 0.3) is 0 Å². The van der Waals surface area contributed by atoms with Crippen molar-refractivity contribution in [2.45, 2.75) is 18.9 Å². The fourth-order valence-electron chi connectivity index (χ4n) is 1.13. The normalized spacial score (nSPS) is 26.4. The van der Waals surface area contributed by atoms with Crippen LogP contribution in [0.5, 0.6) is 0 Å². The van der Waals surface area contributed by atoms with Gasteiger partial charge in [-0.15, -0.1) is 0 Å². The van der Waals surface area contributed by atoms with Crippen LogP contribution in [0.3, 0.4) is 0 Å². The number of nitrogens with two attached hydrogens (primary N) is 1. The Morgan fingerprint density at radius 3 is 3.00 bits per heavy atom. The topological polar surface area (TPSA) is 63.3 Å². The minimum absolute atomic E-state index is 0.116. The van der Waals surface area contributed by atoms with Crippen LogP contribution in [0.1, 0.15) is 12.8 Å². The summed E-state index contributed by atoms with van der Waals surface area (Å²) in [6, 6.07) is 0.116. The van der Waals surface area contributed by atoms with Gasteiger partial charge in [-0.3, -0.25) is 0 Å². The Labute approximate surface area is 60.8 Å². The lowest BCUT2D eigenvalue weighted by molar-refractivity contribution is 0.505. The summed E-state index contributed by atoms with van der Waals surface area (Å²) in [6.45, 7) is 0. The highest BCUT2D eigenvalue weighted by atomic mass is 31.1. The van der Waals surface area contributed by atoms with Crippen molar-refractivity contribution in [3.8, 4) is 0 Å². The summed E-state index contributed by atoms with van der Waals surface area (Å²) in [5, 5.41) is 0. The van der Waals surface area contributed by atoms with E-state index in [1.807, 2.05) is 6.08 Å². The summed E-state index contributed by atoms with van der Waals surface area (Å²) in [5.41, 5.74) is 6.59. The highest BCUT2D eigenvalue weighted by molar-refractivity contribution is 7.38. The second-order valence-electron chi connectivity index (χ2n) is 2.54. The van der Waals surface area contributed by atoms with Gasteiger partial charge in [-0.25, -0.2) is 0 Å². The fourth-order valence-corrected chi connectivity index (χ4v) is 1.74. The van der Waals surface area contributed by atoms with Gasteiger partial charge in [0.1, 0.15) is 0 Å². The average molecular weight is 160 g/mol. The predicted molar refractivity (Wildman–Crippen MR) is 40.0 cm³/mol. The van der Waals surface area contributed by atoms with E-state index >= 15 is 0 Å². The molecule has 0 bridgehead atoms. The zero-order valence-electron chi connectivity index (χ0n) is 5.66. The van der Waals surface area contributed by atoms with E-state index in [0.29, 0.717) is 6.16 Å². The second kappa shape index (κ2) is 3.24. The zero-order chi connectivity index (χ0) is 7.56. The molecule has 0 saturated carbocycles. The molecule has 10 heavy (non-hydrogen) atoms. The summed E-state index contributed by atoms with van der Waals surface area (Å²) in [6.07, 6.45) is 4.02. The first-order valence-corrected chi connectivity index (χ1v) is 4.67. The SMILES string of the molecule is NC1C=C(C[P+](=O)O)CC1. The van der Waals surface area contributed by atoms with E-state index in [9.17, 15) is 4.57 Å². The molecule has 56 valence electrons. The molecule has 0 aromatic heterocycles. The molecule has 1 rings (SSSR count). The van der Waals surface area contributed by atoms with Gasteiger partial charge in [0.25, 0.3) is 0 Å². The van der Waals surface area contributed by atoms with Crippen LogP contribution in [0, 0.1) is 0 Å². The Hall–Kier alpha value is -0.240. The standard InChI is InChI=1S/C6H10NO2P/c7-6-2-1-5(3-6)4-10(8)9/h3,6H,1-2,4,7H2/p+1. The molecule has 0 fully saturated rings. The lowest BCUT2D eigenvalue weighted by Crippen LogP contribution is -2.11. The summed E-state index contributed by atoms with van der Waals surface area (Å²) < 4.78 is 10.3. The van der Waals surface area contributed by atoms with Crippen LogP contribution < -0.4 is 5.73 Å². The second-order valence-corrected chi connectivity index (χ2v) is 3.56. The van der Waals surface area contributed by atoms with Crippen molar-refractivity contribution >= 4 is 8.03 Å². The smallest absolute Gasteiger partial charge is 0.324 e. The average Bonchev–Trinajstić information content (AvgIpc) is 2.13. The van der Waals surface area contributed by atoms with Crippen molar-refractivity contribution in [1.29, 1.82) is 0 Å². The third kappa shape index (κ3) is 2.18. The van der Waals surface area contributed by atoms with E-state index in [4.69, 9.17) is 10.6 Å². The van der Waals surface area contributed by atoms with Crippen LogP contribution in [0.4, 0.5) is 0 Å². The van der Waals surface area contributed by atoms with E-state index < -0.39 is 8.03 Å². The molecular formula is C6H11NO2P+. The number of allylic oxidation sites excluding steroid dienone is 1. The molecule has 2 unspecified atom stereocenters. The minimum atomic E-state index is -2.00. The van der Waals surface area contributed by atoms with Crippen molar-refractivity contribution < 1.29 is 9.46 Å². The number of rotatable bonds is 2. The van der Waals surface area contributed by atoms with Gasteiger partial charge in [0.05, 0.1) is 0 Å². The maximum absolute atomic E-state index is 10.3. The Morgan fingerprint density at radius 2 is 2.60 bits per heavy atom. The Morgan fingerprint density at radius 1 is 1.90 bits per heavy atom. The van der Waals surface area contributed by atoms with Crippen molar-refractivity contribution in [2.75, 3.05) is 6.16 Å². The van der Waals surface area contributed by atoms with Crippen molar-refractivity contribution in [3.05, 3.63) is 11.6 Å². The van der Waals surface area contributed by atoms with Crippen LogP contribution in [0.2, 0.25) is 0 Å². The monoisotopic (exact) mass is 160 g/mol. The quantitative estimate of drug-likeness (QED) is 0.463. The Bertz CT molecular complexity index is 179. The Kier molecular flexibility index (Phi) is 2.55. The first kappa shape index (κ1) is 7.86. The predicted octanol–water partition coefficient (Wildman–Crippen LogP) is 0.769. The first-order valence-electron chi connectivity index (χ1n) is 3.27. The molecule has 1 aliphatic rings. The number of hydrogen-bond donors (Lipinski definition) is 2.